The molecule has 395 valence electrons. The molecule has 2 amide bonds. The number of aromatic nitrogens is 4. The second kappa shape index (κ2) is 31.5. The molecular formula is C54H59BCl2LiN6O10S2. The van der Waals surface area contributed by atoms with Crippen molar-refractivity contribution in [2.45, 2.75) is 78.0 Å². The van der Waals surface area contributed by atoms with Crippen LogP contribution in [0.1, 0.15) is 107 Å². The summed E-state index contributed by atoms with van der Waals surface area (Å²) in [6, 6.07) is 16.4. The standard InChI is InChI=1S/C26H26ClN3O5S.C24H24ClN3O4S.C4H8O.B.Li.H/c1-3-33-25(32)22-12-18(10-11-28-22)24(31)30-16(2)4-8-20-14-29-26(36-20)35-23-9-7-19(13-21(23)27)34-15-17-5-6-17;1-15(28-23(30)17-8-9-26-18(10-17)13-29)2-6-20-12-27-24(33-20)32-22-7-5-19(11-21(22)25)31-14-16-3-4-16;1-2-4-5-3-1;;;/h4,7-14,16-17H,3,5-6,15H2,1-2H3,(H,30,31);2,5-12,15-16,29H,3-4,13-14H2,1H3,(H,28,30);1-4H2;;;/q;;;;+1;-1/b8-4+;6-2+;;;;/t16-;15-;;;;/m00..../s1. The van der Waals surface area contributed by atoms with Gasteiger partial charge in [-0.2, -0.15) is 0 Å². The van der Waals surface area contributed by atoms with Crippen LogP contribution >= 0.6 is 45.9 Å². The fourth-order valence-electron chi connectivity index (χ4n) is 6.54. The SMILES string of the molecule is C1CCOC1.CCOC(=O)c1cc(C(=O)N[C@@H](C)/C=C/c2cnc(Oc3ccc(OCC4CC4)cc3Cl)s2)ccn1.C[C@@H](/C=C/c1cnc(Oc2ccc(OCC3CC3)cc2Cl)s1)NC(=O)c1ccnc(CO)c1.[B].[H-].[Li+]. The Morgan fingerprint density at radius 1 is 0.737 bits per heavy atom. The van der Waals surface area contributed by atoms with Crippen LogP contribution in [0.25, 0.3) is 12.2 Å². The molecule has 22 heteroatoms. The zero-order valence-electron chi connectivity index (χ0n) is 43.7. The molecule has 1 saturated heterocycles. The third-order valence-corrected chi connectivity index (χ3v) is 13.2. The van der Waals surface area contributed by atoms with Gasteiger partial charge in [-0.3, -0.25) is 14.6 Å². The Hall–Kier alpha value is -5.75. The maximum Gasteiger partial charge on any atom is 1.00 e. The van der Waals surface area contributed by atoms with Gasteiger partial charge in [0.1, 0.15) is 28.7 Å². The van der Waals surface area contributed by atoms with E-state index in [0.29, 0.717) is 60.6 Å². The summed E-state index contributed by atoms with van der Waals surface area (Å²) >= 11 is 15.4. The number of esters is 1. The molecule has 4 aromatic heterocycles. The summed E-state index contributed by atoms with van der Waals surface area (Å²) in [7, 11) is 0. The van der Waals surface area contributed by atoms with E-state index in [9.17, 15) is 14.4 Å². The molecular weight excluding hydrogens is 1050 g/mol. The number of hydrogen-bond donors (Lipinski definition) is 3. The van der Waals surface area contributed by atoms with E-state index in [0.717, 1.165) is 47.7 Å². The number of rotatable bonds is 21. The van der Waals surface area contributed by atoms with Crippen molar-refractivity contribution in [3.63, 3.8) is 0 Å². The summed E-state index contributed by atoms with van der Waals surface area (Å²) in [5, 5.41) is 16.7. The molecule has 5 heterocycles. The normalized spacial score (nSPS) is 14.3. The maximum absolute atomic E-state index is 12.6. The van der Waals surface area contributed by atoms with Crippen molar-refractivity contribution >= 4 is 84.2 Å². The molecule has 2 saturated carbocycles. The summed E-state index contributed by atoms with van der Waals surface area (Å²) in [5.41, 5.74) is 1.31. The molecule has 0 bridgehead atoms. The molecule has 0 spiro atoms. The van der Waals surface area contributed by atoms with E-state index < -0.39 is 5.97 Å². The van der Waals surface area contributed by atoms with Crippen molar-refractivity contribution in [3.8, 4) is 33.4 Å². The van der Waals surface area contributed by atoms with Gasteiger partial charge >= 0.3 is 24.8 Å². The third-order valence-electron chi connectivity index (χ3n) is 11.0. The molecule has 2 atom stereocenters. The van der Waals surface area contributed by atoms with E-state index in [1.54, 1.807) is 55.7 Å². The summed E-state index contributed by atoms with van der Waals surface area (Å²) in [4.78, 5) is 55.0. The van der Waals surface area contributed by atoms with Gasteiger partial charge in [-0.25, -0.2) is 19.7 Å². The van der Waals surface area contributed by atoms with E-state index in [1.165, 1.54) is 85.7 Å². The number of hydrogen-bond acceptors (Lipinski definition) is 16. The monoisotopic (exact) mass is 1100 g/mol. The van der Waals surface area contributed by atoms with Gasteiger partial charge in [0.25, 0.3) is 22.2 Å². The minimum Gasteiger partial charge on any atom is -1.00 e. The van der Waals surface area contributed by atoms with Crippen LogP contribution in [0.15, 0.2) is 97.6 Å². The second-order valence-electron chi connectivity index (χ2n) is 17.4. The van der Waals surface area contributed by atoms with E-state index in [-0.39, 0.29) is 71.5 Å². The Morgan fingerprint density at radius 2 is 1.22 bits per heavy atom. The smallest absolute Gasteiger partial charge is 1.00 e. The van der Waals surface area contributed by atoms with Gasteiger partial charge < -0.3 is 45.6 Å². The molecule has 3 aliphatic rings. The first-order valence-corrected chi connectivity index (χ1v) is 26.7. The van der Waals surface area contributed by atoms with Crippen molar-refractivity contribution in [2.75, 3.05) is 33.0 Å². The number of aliphatic hydroxyl groups is 1. The van der Waals surface area contributed by atoms with E-state index in [4.69, 9.17) is 56.7 Å². The van der Waals surface area contributed by atoms with Crippen LogP contribution in [-0.4, -0.2) is 96.4 Å². The number of aliphatic hydroxyl groups excluding tert-OH is 1. The van der Waals surface area contributed by atoms with Crippen molar-refractivity contribution in [2.24, 2.45) is 11.8 Å². The van der Waals surface area contributed by atoms with E-state index in [2.05, 4.69) is 30.6 Å². The Balaban J connectivity index is 0.000000294. The Morgan fingerprint density at radius 3 is 1.66 bits per heavy atom. The number of thiazole rings is 2. The van der Waals surface area contributed by atoms with Gasteiger partial charge in [0.2, 0.25) is 0 Å². The van der Waals surface area contributed by atoms with Gasteiger partial charge in [0.05, 0.1) is 51.9 Å². The van der Waals surface area contributed by atoms with E-state index >= 15 is 0 Å². The zero-order chi connectivity index (χ0) is 52.2. The fourth-order valence-corrected chi connectivity index (χ4v) is 8.34. The summed E-state index contributed by atoms with van der Waals surface area (Å²) in [5.74, 6) is 2.68. The average Bonchev–Trinajstić information content (AvgIpc) is 4.22. The Labute approximate surface area is 476 Å². The summed E-state index contributed by atoms with van der Waals surface area (Å²) < 4.78 is 33.0. The van der Waals surface area contributed by atoms with Crippen molar-refractivity contribution < 1.29 is 68.2 Å². The quantitative estimate of drug-likeness (QED) is 0.0458. The molecule has 76 heavy (non-hydrogen) atoms. The van der Waals surface area contributed by atoms with Crippen LogP contribution in [0.5, 0.6) is 33.4 Å². The number of benzene rings is 2. The number of halogens is 2. The average molecular weight is 1100 g/mol. The molecule has 2 aliphatic carbocycles. The largest absolute Gasteiger partial charge is 1.00 e. The predicted octanol–water partition coefficient (Wildman–Crippen LogP) is 8.41. The van der Waals surface area contributed by atoms with Gasteiger partial charge in [0, 0.05) is 81.8 Å². The summed E-state index contributed by atoms with van der Waals surface area (Å²) in [6.45, 7) is 8.88. The first-order chi connectivity index (χ1) is 35.9. The fraction of sp³-hybridized carbons (Fsp3) is 0.352. The molecule has 6 aromatic rings. The van der Waals surface area contributed by atoms with Gasteiger partial charge in [-0.05, 0) is 132 Å². The van der Waals surface area contributed by atoms with Crippen molar-refractivity contribution in [1.82, 2.24) is 30.6 Å². The van der Waals surface area contributed by atoms with E-state index in [1.807, 2.05) is 50.3 Å². The number of carbonyl (C=O) groups excluding carboxylic acids is 3. The third kappa shape index (κ3) is 20.7. The van der Waals surface area contributed by atoms with Gasteiger partial charge in [-0.15, -0.1) is 0 Å². The Bertz CT molecular complexity index is 2880. The molecule has 3 N–H and O–H groups in total. The molecule has 2 aromatic carbocycles. The second-order valence-corrected chi connectivity index (χ2v) is 20.2. The molecule has 3 fully saturated rings. The van der Waals surface area contributed by atoms with Crippen molar-refractivity contribution in [1.29, 1.82) is 0 Å². The number of ether oxygens (including phenoxy) is 6. The van der Waals surface area contributed by atoms with Gasteiger partial charge in [0.15, 0.2) is 0 Å². The minimum atomic E-state index is -0.567. The number of carbonyl (C=O) groups is 3. The van der Waals surface area contributed by atoms with Crippen LogP contribution in [0.4, 0.5) is 0 Å². The topological polar surface area (TPSA) is 202 Å². The van der Waals surface area contributed by atoms with Crippen molar-refractivity contribution in [3.05, 3.63) is 140 Å². The zero-order valence-corrected chi connectivity index (χ0v) is 45.9. The first kappa shape index (κ1) is 61.1. The van der Waals surface area contributed by atoms with Crippen LogP contribution in [0, 0.1) is 11.8 Å². The number of nitrogens with one attached hydrogen (secondary N) is 2. The van der Waals surface area contributed by atoms with Gasteiger partial charge in [-0.1, -0.05) is 58.0 Å². The number of nitrogens with zero attached hydrogens (tertiary/aromatic N) is 4. The molecule has 9 rings (SSSR count). The molecule has 0 unspecified atom stereocenters. The number of pyridine rings is 2. The van der Waals surface area contributed by atoms with Crippen LogP contribution < -0.4 is 48.4 Å². The number of amides is 2. The summed E-state index contributed by atoms with van der Waals surface area (Å²) in [6.07, 6.45) is 21.2. The first-order valence-electron chi connectivity index (χ1n) is 24.3. The van der Waals surface area contributed by atoms with Crippen LogP contribution in [0.2, 0.25) is 10.0 Å². The van der Waals surface area contributed by atoms with Crippen LogP contribution in [0.3, 0.4) is 0 Å². The Kier molecular flexibility index (Phi) is 25.3. The predicted molar refractivity (Wildman–Crippen MR) is 293 cm³/mol. The van der Waals surface area contributed by atoms with Crippen LogP contribution in [-0.2, 0) is 16.1 Å². The molecule has 1 aliphatic heterocycles. The maximum atomic E-state index is 12.6. The minimum absolute atomic E-state index is 0. The molecule has 16 nitrogen and oxygen atoms in total. The molecule has 3 radical (unpaired) electrons.